The standard InChI is InChI=1S/C11H9NO2/c1-12-7-6-8-4-2-3-5-9(8)10(12)11(13)14/h2-7H,1H3/p+1. The Hall–Kier alpha value is -1.90. The minimum atomic E-state index is -0.899. The third kappa shape index (κ3) is 1.23. The number of carboxylic acids is 1. The third-order valence-electron chi connectivity index (χ3n) is 2.25. The molecule has 0 amide bonds. The van der Waals surface area contributed by atoms with E-state index in [-0.39, 0.29) is 0 Å². The largest absolute Gasteiger partial charge is 0.473 e. The van der Waals surface area contributed by atoms with Gasteiger partial charge in [-0.15, -0.1) is 0 Å². The molecule has 0 aliphatic carbocycles. The first-order valence-corrected chi connectivity index (χ1v) is 4.31. The van der Waals surface area contributed by atoms with E-state index in [9.17, 15) is 4.79 Å². The average molecular weight is 188 g/mol. The topological polar surface area (TPSA) is 41.2 Å². The predicted molar refractivity (Wildman–Crippen MR) is 52.1 cm³/mol. The Morgan fingerprint density at radius 1 is 1.29 bits per heavy atom. The van der Waals surface area contributed by atoms with Gasteiger partial charge in [0, 0.05) is 6.07 Å². The highest BCUT2D eigenvalue weighted by Crippen LogP contribution is 2.14. The molecule has 70 valence electrons. The van der Waals surface area contributed by atoms with Crippen LogP contribution in [-0.2, 0) is 7.05 Å². The van der Waals surface area contributed by atoms with Crippen LogP contribution in [0.15, 0.2) is 36.5 Å². The van der Waals surface area contributed by atoms with Gasteiger partial charge in [0.1, 0.15) is 7.05 Å². The van der Waals surface area contributed by atoms with E-state index in [4.69, 9.17) is 5.11 Å². The van der Waals surface area contributed by atoms with Crippen LogP contribution in [0.25, 0.3) is 10.8 Å². The van der Waals surface area contributed by atoms with Crippen LogP contribution in [0.1, 0.15) is 10.5 Å². The van der Waals surface area contributed by atoms with E-state index in [0.717, 1.165) is 10.8 Å². The number of carboxylic acid groups (broad SMARTS) is 1. The number of hydrogen-bond acceptors (Lipinski definition) is 1. The van der Waals surface area contributed by atoms with Crippen molar-refractivity contribution in [3.8, 4) is 0 Å². The molecule has 0 bridgehead atoms. The molecule has 0 aliphatic rings. The Balaban J connectivity index is 2.90. The maximum Gasteiger partial charge on any atom is 0.401 e. The summed E-state index contributed by atoms with van der Waals surface area (Å²) in [4.78, 5) is 11.0. The molecule has 1 aromatic heterocycles. The zero-order valence-corrected chi connectivity index (χ0v) is 7.77. The van der Waals surface area contributed by atoms with Crippen molar-refractivity contribution >= 4 is 16.7 Å². The molecule has 3 heteroatoms. The minimum absolute atomic E-state index is 0.322. The van der Waals surface area contributed by atoms with E-state index < -0.39 is 5.97 Å². The lowest BCUT2D eigenvalue weighted by Crippen LogP contribution is -2.35. The molecule has 1 N–H and O–H groups in total. The van der Waals surface area contributed by atoms with Crippen molar-refractivity contribution in [3.05, 3.63) is 42.2 Å². The van der Waals surface area contributed by atoms with Gasteiger partial charge in [0.25, 0.3) is 5.69 Å². The van der Waals surface area contributed by atoms with Crippen molar-refractivity contribution in [3.63, 3.8) is 0 Å². The van der Waals surface area contributed by atoms with Crippen molar-refractivity contribution in [1.82, 2.24) is 0 Å². The number of aryl methyl sites for hydroxylation is 1. The fourth-order valence-corrected chi connectivity index (χ4v) is 1.58. The molecule has 0 fully saturated rings. The van der Waals surface area contributed by atoms with Gasteiger partial charge in [-0.2, -0.15) is 4.57 Å². The third-order valence-corrected chi connectivity index (χ3v) is 2.25. The molecular formula is C11H10NO2+. The van der Waals surface area contributed by atoms with Gasteiger partial charge in [-0.05, 0) is 11.5 Å². The lowest BCUT2D eigenvalue weighted by molar-refractivity contribution is -0.672. The highest BCUT2D eigenvalue weighted by atomic mass is 16.4. The second kappa shape index (κ2) is 3.10. The highest BCUT2D eigenvalue weighted by Gasteiger charge is 2.18. The van der Waals surface area contributed by atoms with Gasteiger partial charge in [0.15, 0.2) is 6.20 Å². The Labute approximate surface area is 81.2 Å². The van der Waals surface area contributed by atoms with Crippen LogP contribution in [-0.4, -0.2) is 11.1 Å². The number of aromatic carboxylic acids is 1. The van der Waals surface area contributed by atoms with E-state index in [1.54, 1.807) is 17.8 Å². The second-order valence-corrected chi connectivity index (χ2v) is 3.17. The number of rotatable bonds is 1. The number of hydrogen-bond donors (Lipinski definition) is 1. The smallest absolute Gasteiger partial charge is 0.401 e. The highest BCUT2D eigenvalue weighted by molar-refractivity contribution is 6.00. The summed E-state index contributed by atoms with van der Waals surface area (Å²) in [5, 5.41) is 10.8. The van der Waals surface area contributed by atoms with Gasteiger partial charge in [0.05, 0.1) is 5.39 Å². The normalized spacial score (nSPS) is 10.4. The summed E-state index contributed by atoms with van der Waals surface area (Å²) in [5.74, 6) is -0.899. The predicted octanol–water partition coefficient (Wildman–Crippen LogP) is 1.36. The van der Waals surface area contributed by atoms with E-state index in [2.05, 4.69) is 0 Å². The molecule has 2 rings (SSSR count). The van der Waals surface area contributed by atoms with Crippen LogP contribution in [0.3, 0.4) is 0 Å². The van der Waals surface area contributed by atoms with Crippen LogP contribution in [0.5, 0.6) is 0 Å². The van der Waals surface area contributed by atoms with E-state index in [1.165, 1.54) is 0 Å². The van der Waals surface area contributed by atoms with Crippen molar-refractivity contribution in [2.45, 2.75) is 0 Å². The monoisotopic (exact) mass is 188 g/mol. The van der Waals surface area contributed by atoms with Gasteiger partial charge in [-0.3, -0.25) is 0 Å². The second-order valence-electron chi connectivity index (χ2n) is 3.17. The zero-order valence-electron chi connectivity index (χ0n) is 7.77. The molecule has 3 nitrogen and oxygen atoms in total. The van der Waals surface area contributed by atoms with Crippen LogP contribution < -0.4 is 4.57 Å². The molecule has 0 saturated carbocycles. The molecule has 0 atom stereocenters. The Morgan fingerprint density at radius 3 is 2.71 bits per heavy atom. The molecule has 0 spiro atoms. The number of benzene rings is 1. The van der Waals surface area contributed by atoms with Crippen molar-refractivity contribution in [2.24, 2.45) is 7.05 Å². The Morgan fingerprint density at radius 2 is 2.00 bits per heavy atom. The molecule has 0 aliphatic heterocycles. The number of fused-ring (bicyclic) bond motifs is 1. The first-order valence-electron chi connectivity index (χ1n) is 4.31. The van der Waals surface area contributed by atoms with Crippen LogP contribution in [0, 0.1) is 0 Å². The number of pyridine rings is 1. The summed E-state index contributed by atoms with van der Waals surface area (Å²) >= 11 is 0. The fourth-order valence-electron chi connectivity index (χ4n) is 1.58. The van der Waals surface area contributed by atoms with Gasteiger partial charge in [-0.1, -0.05) is 18.2 Å². The number of carbonyl (C=O) groups is 1. The molecule has 14 heavy (non-hydrogen) atoms. The summed E-state index contributed by atoms with van der Waals surface area (Å²) in [5.41, 5.74) is 0.322. The maximum atomic E-state index is 11.0. The van der Waals surface area contributed by atoms with Crippen molar-refractivity contribution in [2.75, 3.05) is 0 Å². The fraction of sp³-hybridized carbons (Fsp3) is 0.0909. The summed E-state index contributed by atoms with van der Waals surface area (Å²) in [7, 11) is 1.73. The molecule has 2 aromatic rings. The Bertz CT molecular complexity index is 506. The van der Waals surface area contributed by atoms with Crippen LogP contribution in [0.4, 0.5) is 0 Å². The number of aromatic nitrogens is 1. The van der Waals surface area contributed by atoms with Gasteiger partial charge in [-0.25, -0.2) is 4.79 Å². The van der Waals surface area contributed by atoms with E-state index in [0.29, 0.717) is 5.69 Å². The maximum absolute atomic E-state index is 11.0. The molecule has 1 aromatic carbocycles. The van der Waals surface area contributed by atoms with E-state index in [1.807, 2.05) is 30.3 Å². The molecule has 1 heterocycles. The van der Waals surface area contributed by atoms with Crippen molar-refractivity contribution < 1.29 is 14.5 Å². The lowest BCUT2D eigenvalue weighted by Gasteiger charge is -1.99. The number of nitrogens with zero attached hydrogens (tertiary/aromatic N) is 1. The molecule has 0 radical (unpaired) electrons. The van der Waals surface area contributed by atoms with Gasteiger partial charge >= 0.3 is 5.97 Å². The van der Waals surface area contributed by atoms with Gasteiger partial charge < -0.3 is 5.11 Å². The SMILES string of the molecule is C[n+]1ccc2ccccc2c1C(=O)O. The van der Waals surface area contributed by atoms with Crippen LogP contribution in [0.2, 0.25) is 0 Å². The minimum Gasteiger partial charge on any atom is -0.473 e. The van der Waals surface area contributed by atoms with Crippen LogP contribution >= 0.6 is 0 Å². The quantitative estimate of drug-likeness (QED) is 0.686. The first-order chi connectivity index (χ1) is 6.70. The summed E-state index contributed by atoms with van der Waals surface area (Å²) in [6.45, 7) is 0. The summed E-state index contributed by atoms with van der Waals surface area (Å²) in [6, 6.07) is 9.37. The molecule has 0 saturated heterocycles. The lowest BCUT2D eigenvalue weighted by atomic mass is 10.1. The Kier molecular flexibility index (Phi) is 1.93. The first kappa shape index (κ1) is 8.69. The average Bonchev–Trinajstić information content (AvgIpc) is 2.17. The summed E-state index contributed by atoms with van der Waals surface area (Å²) in [6.07, 6.45) is 1.76. The zero-order chi connectivity index (χ0) is 10.1. The summed E-state index contributed by atoms with van der Waals surface area (Å²) < 4.78 is 1.62. The van der Waals surface area contributed by atoms with E-state index >= 15 is 0 Å². The molecular weight excluding hydrogens is 178 g/mol. The van der Waals surface area contributed by atoms with Crippen molar-refractivity contribution in [1.29, 1.82) is 0 Å². The molecule has 0 unspecified atom stereocenters. The van der Waals surface area contributed by atoms with Gasteiger partial charge in [0.2, 0.25) is 0 Å².